The largest absolute Gasteiger partial charge is 0.384 e. The van der Waals surface area contributed by atoms with Gasteiger partial charge in [0.25, 0.3) is 5.69 Å². The van der Waals surface area contributed by atoms with Crippen LogP contribution in [0, 0.1) is 21.4 Å². The number of hydrogen-bond acceptors (Lipinski definition) is 3. The second kappa shape index (κ2) is 4.29. The molecule has 0 heterocycles. The molecule has 1 unspecified atom stereocenters. The SMILES string of the molecule is CC1(C)CC1CNc1ccc([N+](=O)[O-])cc1Br. The Morgan fingerprint density at radius 3 is 2.71 bits per heavy atom. The number of rotatable bonds is 4. The second-order valence-electron chi connectivity index (χ2n) is 5.19. The zero-order valence-electron chi connectivity index (χ0n) is 9.87. The summed E-state index contributed by atoms with van der Waals surface area (Å²) in [5.41, 5.74) is 1.47. The summed E-state index contributed by atoms with van der Waals surface area (Å²) in [6, 6.07) is 4.79. The van der Waals surface area contributed by atoms with Gasteiger partial charge >= 0.3 is 0 Å². The van der Waals surface area contributed by atoms with Gasteiger partial charge in [-0.3, -0.25) is 10.1 Å². The molecule has 1 atom stereocenters. The van der Waals surface area contributed by atoms with Crippen molar-refractivity contribution in [2.75, 3.05) is 11.9 Å². The van der Waals surface area contributed by atoms with Gasteiger partial charge in [0.2, 0.25) is 0 Å². The molecule has 92 valence electrons. The molecular weight excluding hydrogens is 284 g/mol. The van der Waals surface area contributed by atoms with E-state index in [1.54, 1.807) is 6.07 Å². The lowest BCUT2D eigenvalue weighted by Gasteiger charge is -2.09. The van der Waals surface area contributed by atoms with E-state index in [1.807, 2.05) is 0 Å². The van der Waals surface area contributed by atoms with Gasteiger partial charge in [-0.25, -0.2) is 0 Å². The van der Waals surface area contributed by atoms with Crippen LogP contribution in [0.5, 0.6) is 0 Å². The van der Waals surface area contributed by atoms with E-state index in [9.17, 15) is 10.1 Å². The molecule has 4 nitrogen and oxygen atoms in total. The number of hydrogen-bond donors (Lipinski definition) is 1. The maximum atomic E-state index is 10.6. The smallest absolute Gasteiger partial charge is 0.270 e. The predicted molar refractivity (Wildman–Crippen MR) is 71.2 cm³/mol. The van der Waals surface area contributed by atoms with Crippen LogP contribution in [0.2, 0.25) is 0 Å². The summed E-state index contributed by atoms with van der Waals surface area (Å²) in [5, 5.41) is 13.9. The predicted octanol–water partition coefficient (Wildman–Crippen LogP) is 3.82. The lowest BCUT2D eigenvalue weighted by atomic mass is 10.1. The Labute approximate surface area is 109 Å². The molecule has 0 amide bonds. The lowest BCUT2D eigenvalue weighted by Crippen LogP contribution is -2.07. The molecule has 1 aromatic rings. The highest BCUT2D eigenvalue weighted by Gasteiger charge is 2.44. The van der Waals surface area contributed by atoms with Crippen LogP contribution in [0.1, 0.15) is 20.3 Å². The van der Waals surface area contributed by atoms with Crippen LogP contribution >= 0.6 is 15.9 Å². The molecule has 1 aromatic carbocycles. The minimum absolute atomic E-state index is 0.106. The molecule has 1 saturated carbocycles. The number of nitrogens with one attached hydrogen (secondary N) is 1. The number of non-ortho nitro benzene ring substituents is 1. The quantitative estimate of drug-likeness (QED) is 0.679. The second-order valence-corrected chi connectivity index (χ2v) is 6.05. The number of anilines is 1. The number of nitro benzene ring substituents is 1. The standard InChI is InChI=1S/C12H15BrN2O2/c1-12(2)6-8(12)7-14-11-4-3-9(15(16)17)5-10(11)13/h3-5,8,14H,6-7H2,1-2H3. The minimum atomic E-state index is -0.390. The van der Waals surface area contributed by atoms with Crippen LogP contribution in [0.3, 0.4) is 0 Å². The van der Waals surface area contributed by atoms with Gasteiger partial charge in [0.05, 0.1) is 4.92 Å². The number of nitro groups is 1. The molecule has 5 heteroatoms. The summed E-state index contributed by atoms with van der Waals surface area (Å²) >= 11 is 3.35. The van der Waals surface area contributed by atoms with Crippen LogP contribution in [0.4, 0.5) is 11.4 Å². The molecule has 1 N–H and O–H groups in total. The Morgan fingerprint density at radius 1 is 1.59 bits per heavy atom. The van der Waals surface area contributed by atoms with Crippen molar-refractivity contribution in [2.24, 2.45) is 11.3 Å². The minimum Gasteiger partial charge on any atom is -0.384 e. The van der Waals surface area contributed by atoms with Crippen molar-refractivity contribution >= 4 is 27.3 Å². The summed E-state index contributed by atoms with van der Waals surface area (Å²) in [6.07, 6.45) is 1.24. The number of halogens is 1. The van der Waals surface area contributed by atoms with E-state index in [4.69, 9.17) is 0 Å². The summed E-state index contributed by atoms with van der Waals surface area (Å²) < 4.78 is 0.741. The van der Waals surface area contributed by atoms with Gasteiger partial charge in [0.1, 0.15) is 0 Å². The van der Waals surface area contributed by atoms with Crippen LogP contribution in [0.15, 0.2) is 22.7 Å². The fourth-order valence-electron chi connectivity index (χ4n) is 1.92. The summed E-state index contributed by atoms with van der Waals surface area (Å²) in [5.74, 6) is 0.699. The molecule has 0 saturated heterocycles. The highest BCUT2D eigenvalue weighted by Crippen LogP contribution is 2.51. The van der Waals surface area contributed by atoms with Gasteiger partial charge < -0.3 is 5.32 Å². The topological polar surface area (TPSA) is 55.2 Å². The highest BCUT2D eigenvalue weighted by molar-refractivity contribution is 9.10. The molecular formula is C12H15BrN2O2. The number of benzene rings is 1. The normalized spacial score (nSPS) is 21.0. The molecule has 2 rings (SSSR count). The monoisotopic (exact) mass is 298 g/mol. The third-order valence-corrected chi connectivity index (χ3v) is 4.08. The van der Waals surface area contributed by atoms with Gasteiger partial charge in [0, 0.05) is 28.8 Å². The van der Waals surface area contributed by atoms with Crippen molar-refractivity contribution in [2.45, 2.75) is 20.3 Å². The van der Waals surface area contributed by atoms with Gasteiger partial charge in [-0.15, -0.1) is 0 Å². The summed E-state index contributed by atoms with van der Waals surface area (Å²) in [7, 11) is 0. The van der Waals surface area contributed by atoms with Crippen molar-refractivity contribution < 1.29 is 4.92 Å². The van der Waals surface area contributed by atoms with E-state index in [0.29, 0.717) is 11.3 Å². The van der Waals surface area contributed by atoms with E-state index >= 15 is 0 Å². The van der Waals surface area contributed by atoms with E-state index in [2.05, 4.69) is 35.1 Å². The first-order valence-corrected chi connectivity index (χ1v) is 6.37. The molecule has 0 radical (unpaired) electrons. The van der Waals surface area contributed by atoms with E-state index in [-0.39, 0.29) is 5.69 Å². The van der Waals surface area contributed by atoms with Gasteiger partial charge in [-0.2, -0.15) is 0 Å². The number of nitrogens with zero attached hydrogens (tertiary/aromatic N) is 1. The molecule has 1 fully saturated rings. The summed E-state index contributed by atoms with van der Waals surface area (Å²) in [6.45, 7) is 5.43. The van der Waals surface area contributed by atoms with Gasteiger partial charge in [0.15, 0.2) is 0 Å². The molecule has 1 aliphatic rings. The van der Waals surface area contributed by atoms with Gasteiger partial charge in [-0.05, 0) is 39.8 Å². The van der Waals surface area contributed by atoms with Crippen LogP contribution in [0.25, 0.3) is 0 Å². The van der Waals surface area contributed by atoms with E-state index in [0.717, 1.165) is 16.7 Å². The third kappa shape index (κ3) is 2.77. The first-order valence-electron chi connectivity index (χ1n) is 5.58. The fraction of sp³-hybridized carbons (Fsp3) is 0.500. The van der Waals surface area contributed by atoms with Crippen molar-refractivity contribution in [3.8, 4) is 0 Å². The van der Waals surface area contributed by atoms with Crippen molar-refractivity contribution in [1.82, 2.24) is 0 Å². The highest BCUT2D eigenvalue weighted by atomic mass is 79.9. The third-order valence-electron chi connectivity index (χ3n) is 3.42. The average molecular weight is 299 g/mol. The Bertz CT molecular complexity index is 460. The first kappa shape index (κ1) is 12.4. The Balaban J connectivity index is 2.00. The van der Waals surface area contributed by atoms with Crippen molar-refractivity contribution in [3.63, 3.8) is 0 Å². The fourth-order valence-corrected chi connectivity index (χ4v) is 2.43. The summed E-state index contributed by atoms with van der Waals surface area (Å²) in [4.78, 5) is 10.2. The van der Waals surface area contributed by atoms with Crippen LogP contribution in [-0.4, -0.2) is 11.5 Å². The first-order chi connectivity index (χ1) is 7.90. The molecule has 1 aliphatic carbocycles. The molecule has 0 aliphatic heterocycles. The van der Waals surface area contributed by atoms with Crippen molar-refractivity contribution in [3.05, 3.63) is 32.8 Å². The maximum absolute atomic E-state index is 10.6. The van der Waals surface area contributed by atoms with E-state index in [1.165, 1.54) is 18.6 Å². The molecule has 17 heavy (non-hydrogen) atoms. The van der Waals surface area contributed by atoms with Crippen LogP contribution < -0.4 is 5.32 Å². The van der Waals surface area contributed by atoms with Crippen molar-refractivity contribution in [1.29, 1.82) is 0 Å². The lowest BCUT2D eigenvalue weighted by molar-refractivity contribution is -0.384. The van der Waals surface area contributed by atoms with Gasteiger partial charge in [-0.1, -0.05) is 13.8 Å². The Morgan fingerprint density at radius 2 is 2.24 bits per heavy atom. The molecule has 0 spiro atoms. The average Bonchev–Trinajstić information content (AvgIpc) is 2.84. The Hall–Kier alpha value is -1.10. The Kier molecular flexibility index (Phi) is 3.12. The zero-order chi connectivity index (χ0) is 12.6. The molecule has 0 aromatic heterocycles. The zero-order valence-corrected chi connectivity index (χ0v) is 11.5. The van der Waals surface area contributed by atoms with E-state index < -0.39 is 4.92 Å². The maximum Gasteiger partial charge on any atom is 0.270 e. The van der Waals surface area contributed by atoms with Crippen LogP contribution in [-0.2, 0) is 0 Å². The molecule has 0 bridgehead atoms.